The molecule has 0 saturated heterocycles. The molecule has 2 aliphatic carbocycles. The highest BCUT2D eigenvalue weighted by atomic mass is 19.2. The van der Waals surface area contributed by atoms with E-state index in [4.69, 9.17) is 4.74 Å². The maximum Gasteiger partial charge on any atom is 0.416 e. The van der Waals surface area contributed by atoms with Gasteiger partial charge in [0.05, 0.1) is 22.8 Å². The average molecular weight is 955 g/mol. The van der Waals surface area contributed by atoms with Gasteiger partial charge in [-0.15, -0.1) is 20.4 Å². The number of benzene rings is 2. The summed E-state index contributed by atoms with van der Waals surface area (Å²) >= 11 is 0. The minimum Gasteiger partial charge on any atom is -0.443 e. The van der Waals surface area contributed by atoms with Gasteiger partial charge >= 0.3 is 6.09 Å². The van der Waals surface area contributed by atoms with Crippen LogP contribution < -0.4 is 20.9 Å². The molecule has 0 unspecified atom stereocenters. The molecule has 360 valence electrons. The second-order valence-electron chi connectivity index (χ2n) is 17.8. The van der Waals surface area contributed by atoms with Crippen molar-refractivity contribution in [1.82, 2.24) is 41.0 Å². The highest BCUT2D eigenvalue weighted by molar-refractivity contribution is 5.96. The van der Waals surface area contributed by atoms with Crippen LogP contribution in [0.5, 0.6) is 0 Å². The van der Waals surface area contributed by atoms with Crippen molar-refractivity contribution < 1.29 is 45.5 Å². The normalized spacial score (nSPS) is 19.4. The minimum absolute atomic E-state index is 0.0385. The molecule has 8 rings (SSSR count). The number of carbonyl (C=O) groups excluding carboxylic acids is 3. The molecule has 0 radical (unpaired) electrons. The zero-order valence-electron chi connectivity index (χ0n) is 38.2. The fourth-order valence-electron chi connectivity index (χ4n) is 8.26. The molecule has 4 aromatic heterocycles. The Bertz CT molecular complexity index is 2820. The molecule has 0 atom stereocenters. The summed E-state index contributed by atoms with van der Waals surface area (Å²) in [5, 5.41) is 24.3. The van der Waals surface area contributed by atoms with Gasteiger partial charge in [-0.25, -0.2) is 31.1 Å². The number of carbonyl (C=O) groups is 3. The smallest absolute Gasteiger partial charge is 0.416 e. The van der Waals surface area contributed by atoms with Crippen molar-refractivity contribution in [3.63, 3.8) is 0 Å². The van der Waals surface area contributed by atoms with Gasteiger partial charge in [-0.3, -0.25) is 24.5 Å². The molecule has 2 aromatic carbocycles. The van der Waals surface area contributed by atoms with Gasteiger partial charge in [0.2, 0.25) is 0 Å². The summed E-state index contributed by atoms with van der Waals surface area (Å²) in [5.74, 6) is -2.53. The lowest BCUT2D eigenvalue weighted by Crippen LogP contribution is -2.54. The number of rotatable bonds is 12. The third-order valence-electron chi connectivity index (χ3n) is 11.7. The van der Waals surface area contributed by atoms with Crippen LogP contribution in [0.1, 0.15) is 78.6 Å². The minimum atomic E-state index is -1.18. The fourth-order valence-corrected chi connectivity index (χ4v) is 8.26. The van der Waals surface area contributed by atoms with Crippen LogP contribution in [-0.4, -0.2) is 93.4 Å². The van der Waals surface area contributed by atoms with Crippen molar-refractivity contribution in [3.8, 4) is 22.5 Å². The van der Waals surface area contributed by atoms with E-state index in [1.807, 2.05) is 0 Å². The van der Waals surface area contributed by atoms with Gasteiger partial charge in [-0.05, 0) is 131 Å². The van der Waals surface area contributed by atoms with Crippen LogP contribution >= 0.6 is 0 Å². The Kier molecular flexibility index (Phi) is 14.6. The molecule has 3 amide bonds. The summed E-state index contributed by atoms with van der Waals surface area (Å²) in [6, 6.07) is 19.3. The first-order chi connectivity index (χ1) is 32.8. The van der Waals surface area contributed by atoms with Gasteiger partial charge < -0.3 is 20.7 Å². The lowest BCUT2D eigenvalue weighted by molar-refractivity contribution is 0.0506. The number of halogens is 6. The first kappa shape index (κ1) is 49.4. The zero-order valence-corrected chi connectivity index (χ0v) is 38.2. The van der Waals surface area contributed by atoms with E-state index in [-0.39, 0.29) is 90.0 Å². The first-order valence-corrected chi connectivity index (χ1v) is 21.8. The maximum absolute atomic E-state index is 14.7. The Hall–Kier alpha value is -7.51. The number of nitrogens with one attached hydrogen (secondary N) is 3. The van der Waals surface area contributed by atoms with Crippen molar-refractivity contribution in [1.29, 1.82) is 0 Å². The number of pyridine rings is 2. The molecule has 0 bridgehead atoms. The first-order valence-electron chi connectivity index (χ1n) is 21.8. The van der Waals surface area contributed by atoms with Gasteiger partial charge in [0.1, 0.15) is 47.0 Å². The molecular weight excluding hydrogens is 907 g/mol. The lowest BCUT2D eigenvalue weighted by atomic mass is 9.64. The van der Waals surface area contributed by atoms with Crippen LogP contribution in [-0.2, 0) is 15.6 Å². The van der Waals surface area contributed by atoms with Gasteiger partial charge in [-0.2, -0.15) is 0 Å². The van der Waals surface area contributed by atoms with Crippen molar-refractivity contribution in [3.05, 3.63) is 143 Å². The Morgan fingerprint density at radius 2 is 1.14 bits per heavy atom. The monoisotopic (exact) mass is 954 g/mol. The van der Waals surface area contributed by atoms with E-state index in [9.17, 15) is 40.7 Å². The number of alkyl halides is 2. The number of ether oxygens (including phenoxy) is 1. The van der Waals surface area contributed by atoms with Crippen LogP contribution in [0.3, 0.4) is 0 Å². The standard InChI is InChI=1S/C27H28F3N5O3.C22H20F3N5O/c1-26(2,3)38-25(37)35(15-27(13-17(28)14-27)23-20(30)6-5-11-32-23)22-10-9-21(33-34-22)18-12-16(24(36)31-4)7-8-19(18)29;1-26-21(31)13-4-5-16(24)15(9-13)18-6-7-19(30-29-18)28-12-22(10-14(23)11-22)20-17(25)3-2-8-27-20/h5-12,17H,13-15H2,1-4H3,(H,31,36);2-9,14H,10-12H2,1H3,(H,26,31)(H,28,30). The van der Waals surface area contributed by atoms with Gasteiger partial charge in [-0.1, -0.05) is 0 Å². The molecule has 6 aromatic rings. The van der Waals surface area contributed by atoms with Crippen molar-refractivity contribution in [2.24, 2.45) is 0 Å². The van der Waals surface area contributed by atoms with Crippen molar-refractivity contribution in [2.45, 2.75) is 75.2 Å². The van der Waals surface area contributed by atoms with Crippen LogP contribution in [0.4, 0.5) is 42.8 Å². The van der Waals surface area contributed by atoms with Crippen LogP contribution in [0.15, 0.2) is 97.3 Å². The molecular formula is C49H48F6N10O4. The number of amides is 3. The van der Waals surface area contributed by atoms with Gasteiger partial charge in [0.25, 0.3) is 11.8 Å². The molecule has 20 heteroatoms. The van der Waals surface area contributed by atoms with E-state index < -0.39 is 64.0 Å². The summed E-state index contributed by atoms with van der Waals surface area (Å²) in [6.45, 7) is 5.14. The van der Waals surface area contributed by atoms with Gasteiger partial charge in [0, 0.05) is 72.7 Å². The predicted octanol–water partition coefficient (Wildman–Crippen LogP) is 8.65. The third-order valence-corrected chi connectivity index (χ3v) is 11.7. The van der Waals surface area contributed by atoms with Crippen molar-refractivity contribution in [2.75, 3.05) is 37.4 Å². The maximum atomic E-state index is 14.7. The summed E-state index contributed by atoms with van der Waals surface area (Å²) in [6.07, 6.45) is 0.181. The topological polar surface area (TPSA) is 177 Å². The number of aromatic nitrogens is 6. The third kappa shape index (κ3) is 11.1. The second-order valence-corrected chi connectivity index (χ2v) is 17.8. The van der Waals surface area contributed by atoms with Crippen LogP contribution in [0.25, 0.3) is 22.5 Å². The molecule has 0 aliphatic heterocycles. The summed E-state index contributed by atoms with van der Waals surface area (Å²) < 4.78 is 91.2. The number of hydrogen-bond donors (Lipinski definition) is 3. The molecule has 2 saturated carbocycles. The molecule has 0 spiro atoms. The Balaban J connectivity index is 0.000000208. The summed E-state index contributed by atoms with van der Waals surface area (Å²) in [5.41, 5.74) is -1.35. The fraction of sp³-hybridized carbons (Fsp3) is 0.327. The zero-order chi connectivity index (χ0) is 49.7. The molecule has 2 aliphatic rings. The summed E-state index contributed by atoms with van der Waals surface area (Å²) in [7, 11) is 2.95. The van der Waals surface area contributed by atoms with E-state index in [0.717, 1.165) is 6.07 Å². The van der Waals surface area contributed by atoms with E-state index in [0.29, 0.717) is 11.4 Å². The lowest BCUT2D eigenvalue weighted by Gasteiger charge is -2.46. The molecule has 14 nitrogen and oxygen atoms in total. The number of hydrogen-bond acceptors (Lipinski definition) is 11. The number of nitrogens with zero attached hydrogens (tertiary/aromatic N) is 7. The summed E-state index contributed by atoms with van der Waals surface area (Å²) in [4.78, 5) is 46.5. The molecule has 69 heavy (non-hydrogen) atoms. The second kappa shape index (κ2) is 20.4. The quantitative estimate of drug-likeness (QED) is 0.100. The van der Waals surface area contributed by atoms with E-state index in [2.05, 4.69) is 46.3 Å². The predicted molar refractivity (Wildman–Crippen MR) is 244 cm³/mol. The van der Waals surface area contributed by atoms with Gasteiger partial charge in [0.15, 0.2) is 5.82 Å². The average Bonchev–Trinajstić information content (AvgIpc) is 3.31. The highest BCUT2D eigenvalue weighted by Gasteiger charge is 2.51. The Labute approximate surface area is 393 Å². The van der Waals surface area contributed by atoms with Crippen molar-refractivity contribution >= 4 is 29.5 Å². The van der Waals surface area contributed by atoms with E-state index in [1.54, 1.807) is 32.9 Å². The SMILES string of the molecule is CNC(=O)c1ccc(F)c(-c2ccc(N(CC3(c4ncccc4F)CC(F)C3)C(=O)OC(C)(C)C)nn2)c1.CNC(=O)c1ccc(F)c(-c2ccc(NCC3(c4ncccc4F)CC(F)C3)nn2)c1. The number of anilines is 2. The molecule has 2 fully saturated rings. The largest absolute Gasteiger partial charge is 0.443 e. The molecule has 4 heterocycles. The Morgan fingerprint density at radius 1 is 0.652 bits per heavy atom. The van der Waals surface area contributed by atoms with Crippen LogP contribution in [0, 0.1) is 23.3 Å². The molecule has 3 N–H and O–H groups in total. The van der Waals surface area contributed by atoms with E-state index in [1.165, 1.54) is 98.1 Å². The Morgan fingerprint density at radius 3 is 1.58 bits per heavy atom. The van der Waals surface area contributed by atoms with E-state index >= 15 is 0 Å². The highest BCUT2D eigenvalue weighted by Crippen LogP contribution is 2.47. The van der Waals surface area contributed by atoms with Crippen LogP contribution in [0.2, 0.25) is 0 Å².